The standard InChI is InChI=1S/C15H23ClN4O/c1-11(2)10-20-15(16)13(12(3)18-20)4-5-14(21)19-8-6-17-7-9-19/h4-5,11,17H,6-10H2,1-3H3/b5-4+. The molecule has 1 fully saturated rings. The first-order valence-corrected chi connectivity index (χ1v) is 7.77. The SMILES string of the molecule is Cc1nn(CC(C)C)c(Cl)c1/C=C/C(=O)N1CCNCC1. The van der Waals surface area contributed by atoms with Gasteiger partial charge < -0.3 is 10.2 Å². The van der Waals surface area contributed by atoms with Gasteiger partial charge in [0.15, 0.2) is 0 Å². The third-order valence-electron chi connectivity index (χ3n) is 3.47. The number of nitrogens with one attached hydrogen (secondary N) is 1. The Balaban J connectivity index is 2.09. The highest BCUT2D eigenvalue weighted by atomic mass is 35.5. The summed E-state index contributed by atoms with van der Waals surface area (Å²) < 4.78 is 1.80. The Kier molecular flexibility index (Phi) is 5.42. The molecule has 0 bridgehead atoms. The highest BCUT2D eigenvalue weighted by Crippen LogP contribution is 2.22. The first kappa shape index (κ1) is 16.0. The van der Waals surface area contributed by atoms with E-state index in [1.807, 2.05) is 11.8 Å². The molecule has 0 atom stereocenters. The van der Waals surface area contributed by atoms with Crippen molar-refractivity contribution in [2.75, 3.05) is 26.2 Å². The molecule has 6 heteroatoms. The Labute approximate surface area is 130 Å². The molecule has 0 aliphatic carbocycles. The molecule has 0 radical (unpaired) electrons. The molecule has 2 rings (SSSR count). The van der Waals surface area contributed by atoms with Crippen LogP contribution in [0, 0.1) is 12.8 Å². The number of amides is 1. The first-order valence-electron chi connectivity index (χ1n) is 7.39. The summed E-state index contributed by atoms with van der Waals surface area (Å²) in [5.41, 5.74) is 1.69. The van der Waals surface area contributed by atoms with Gasteiger partial charge in [-0.25, -0.2) is 0 Å². The van der Waals surface area contributed by atoms with Gasteiger partial charge >= 0.3 is 0 Å². The Bertz CT molecular complexity index is 530. The summed E-state index contributed by atoms with van der Waals surface area (Å²) in [6.07, 6.45) is 3.38. The summed E-state index contributed by atoms with van der Waals surface area (Å²) in [6.45, 7) is 10.1. The summed E-state index contributed by atoms with van der Waals surface area (Å²) in [5.74, 6) is 0.504. The molecular weight excluding hydrogens is 288 g/mol. The van der Waals surface area contributed by atoms with Gasteiger partial charge in [-0.05, 0) is 18.9 Å². The zero-order valence-corrected chi connectivity index (χ0v) is 13.7. The van der Waals surface area contributed by atoms with Crippen molar-refractivity contribution in [2.45, 2.75) is 27.3 Å². The van der Waals surface area contributed by atoms with Gasteiger partial charge in [-0.15, -0.1) is 0 Å². The second kappa shape index (κ2) is 7.09. The van der Waals surface area contributed by atoms with Gasteiger partial charge in [0, 0.05) is 44.4 Å². The van der Waals surface area contributed by atoms with Crippen LogP contribution in [0.3, 0.4) is 0 Å². The summed E-state index contributed by atoms with van der Waals surface area (Å²) in [7, 11) is 0. The molecule has 0 aromatic carbocycles. The molecule has 1 aliphatic heterocycles. The Morgan fingerprint density at radius 1 is 1.43 bits per heavy atom. The number of carbonyl (C=O) groups excluding carboxylic acids is 1. The maximum atomic E-state index is 12.1. The third-order valence-corrected chi connectivity index (χ3v) is 3.87. The van der Waals surface area contributed by atoms with Crippen molar-refractivity contribution < 1.29 is 4.79 Å². The summed E-state index contributed by atoms with van der Waals surface area (Å²) >= 11 is 6.36. The van der Waals surface area contributed by atoms with E-state index < -0.39 is 0 Å². The maximum absolute atomic E-state index is 12.1. The molecule has 21 heavy (non-hydrogen) atoms. The van der Waals surface area contributed by atoms with Crippen LogP contribution in [-0.4, -0.2) is 46.8 Å². The molecular formula is C15H23ClN4O. The largest absolute Gasteiger partial charge is 0.337 e. The number of halogens is 1. The predicted molar refractivity (Wildman–Crippen MR) is 85.3 cm³/mol. The highest BCUT2D eigenvalue weighted by molar-refractivity contribution is 6.31. The number of aryl methyl sites for hydroxylation is 1. The first-order chi connectivity index (χ1) is 9.99. The van der Waals surface area contributed by atoms with Crippen LogP contribution in [-0.2, 0) is 11.3 Å². The van der Waals surface area contributed by atoms with E-state index in [1.54, 1.807) is 16.8 Å². The average molecular weight is 311 g/mol. The number of nitrogens with zero attached hydrogens (tertiary/aromatic N) is 3. The van der Waals surface area contributed by atoms with Crippen LogP contribution in [0.5, 0.6) is 0 Å². The lowest BCUT2D eigenvalue weighted by Gasteiger charge is -2.26. The van der Waals surface area contributed by atoms with Crippen molar-refractivity contribution in [3.05, 3.63) is 22.5 Å². The van der Waals surface area contributed by atoms with Crippen molar-refractivity contribution in [3.8, 4) is 0 Å². The van der Waals surface area contributed by atoms with E-state index in [0.717, 1.165) is 44.0 Å². The van der Waals surface area contributed by atoms with Crippen molar-refractivity contribution in [3.63, 3.8) is 0 Å². The molecule has 1 aromatic rings. The zero-order chi connectivity index (χ0) is 15.4. The van der Waals surface area contributed by atoms with Gasteiger partial charge in [-0.1, -0.05) is 25.4 Å². The van der Waals surface area contributed by atoms with Crippen LogP contribution in [0.1, 0.15) is 25.1 Å². The zero-order valence-electron chi connectivity index (χ0n) is 12.9. The molecule has 1 aromatic heterocycles. The lowest BCUT2D eigenvalue weighted by Crippen LogP contribution is -2.45. The topological polar surface area (TPSA) is 50.2 Å². The number of piperazine rings is 1. The second-order valence-corrected chi connectivity index (χ2v) is 6.13. The van der Waals surface area contributed by atoms with Crippen LogP contribution < -0.4 is 5.32 Å². The highest BCUT2D eigenvalue weighted by Gasteiger charge is 2.15. The minimum absolute atomic E-state index is 0.0311. The molecule has 5 nitrogen and oxygen atoms in total. The van der Waals surface area contributed by atoms with E-state index in [0.29, 0.717) is 11.1 Å². The molecule has 0 saturated carbocycles. The van der Waals surface area contributed by atoms with Gasteiger partial charge in [0.05, 0.1) is 5.69 Å². The number of hydrogen-bond acceptors (Lipinski definition) is 3. The Hall–Kier alpha value is -1.33. The van der Waals surface area contributed by atoms with E-state index in [2.05, 4.69) is 24.3 Å². The van der Waals surface area contributed by atoms with Gasteiger partial charge in [0.1, 0.15) is 5.15 Å². The van der Waals surface area contributed by atoms with Crippen molar-refractivity contribution in [2.24, 2.45) is 5.92 Å². The van der Waals surface area contributed by atoms with Crippen LogP contribution in [0.4, 0.5) is 0 Å². The van der Waals surface area contributed by atoms with Gasteiger partial charge in [-0.2, -0.15) is 5.10 Å². The molecule has 1 aliphatic rings. The average Bonchev–Trinajstić information content (AvgIpc) is 2.71. The Morgan fingerprint density at radius 3 is 2.71 bits per heavy atom. The fourth-order valence-electron chi connectivity index (χ4n) is 2.37. The minimum atomic E-state index is 0.0311. The molecule has 1 saturated heterocycles. The molecule has 0 spiro atoms. The quantitative estimate of drug-likeness (QED) is 0.865. The number of rotatable bonds is 4. The number of aromatic nitrogens is 2. The lowest BCUT2D eigenvalue weighted by atomic mass is 10.2. The van der Waals surface area contributed by atoms with Crippen LogP contribution in [0.2, 0.25) is 5.15 Å². The van der Waals surface area contributed by atoms with Gasteiger partial charge in [0.2, 0.25) is 5.91 Å². The molecule has 0 unspecified atom stereocenters. The van der Waals surface area contributed by atoms with E-state index in [-0.39, 0.29) is 5.91 Å². The summed E-state index contributed by atoms with van der Waals surface area (Å²) in [4.78, 5) is 14.0. The summed E-state index contributed by atoms with van der Waals surface area (Å²) in [5, 5.41) is 8.27. The monoisotopic (exact) mass is 310 g/mol. The number of carbonyl (C=O) groups is 1. The van der Waals surface area contributed by atoms with E-state index in [1.165, 1.54) is 0 Å². The smallest absolute Gasteiger partial charge is 0.246 e. The molecule has 1 amide bonds. The van der Waals surface area contributed by atoms with Crippen molar-refractivity contribution in [1.29, 1.82) is 0 Å². The molecule has 1 N–H and O–H groups in total. The third kappa shape index (κ3) is 4.08. The second-order valence-electron chi connectivity index (χ2n) is 5.77. The van der Waals surface area contributed by atoms with Crippen molar-refractivity contribution >= 4 is 23.6 Å². The lowest BCUT2D eigenvalue weighted by molar-refractivity contribution is -0.126. The van der Waals surface area contributed by atoms with Crippen LogP contribution in [0.25, 0.3) is 6.08 Å². The van der Waals surface area contributed by atoms with Gasteiger partial charge in [-0.3, -0.25) is 9.48 Å². The molecule has 116 valence electrons. The fourth-order valence-corrected chi connectivity index (χ4v) is 2.68. The predicted octanol–water partition coefficient (Wildman–Crippen LogP) is 1.95. The van der Waals surface area contributed by atoms with E-state index in [9.17, 15) is 4.79 Å². The Morgan fingerprint density at radius 2 is 2.10 bits per heavy atom. The van der Waals surface area contributed by atoms with Gasteiger partial charge in [0.25, 0.3) is 0 Å². The normalized spacial score (nSPS) is 16.1. The van der Waals surface area contributed by atoms with Crippen LogP contribution in [0.15, 0.2) is 6.08 Å². The fraction of sp³-hybridized carbons (Fsp3) is 0.600. The molecule has 2 heterocycles. The van der Waals surface area contributed by atoms with E-state index in [4.69, 9.17) is 11.6 Å². The van der Waals surface area contributed by atoms with Crippen molar-refractivity contribution in [1.82, 2.24) is 20.0 Å². The summed E-state index contributed by atoms with van der Waals surface area (Å²) in [6, 6.07) is 0. The minimum Gasteiger partial charge on any atom is -0.337 e. The van der Waals surface area contributed by atoms with E-state index >= 15 is 0 Å². The maximum Gasteiger partial charge on any atom is 0.246 e. The van der Waals surface area contributed by atoms with Crippen LogP contribution >= 0.6 is 11.6 Å². The number of hydrogen-bond donors (Lipinski definition) is 1.